The second-order valence-corrected chi connectivity index (χ2v) is 5.12. The highest BCUT2D eigenvalue weighted by Crippen LogP contribution is 2.32. The number of benzene rings is 1. The fourth-order valence-electron chi connectivity index (χ4n) is 2.45. The molecule has 1 aromatic carbocycles. The lowest BCUT2D eigenvalue weighted by Gasteiger charge is -2.24. The van der Waals surface area contributed by atoms with E-state index in [9.17, 15) is 0 Å². The van der Waals surface area contributed by atoms with Crippen molar-refractivity contribution in [1.29, 1.82) is 0 Å². The molecule has 0 spiro atoms. The average Bonchev–Trinajstić information content (AvgIpc) is 2.49. The molecule has 1 saturated heterocycles. The lowest BCUT2D eigenvalue weighted by molar-refractivity contribution is 0.0245. The van der Waals surface area contributed by atoms with E-state index in [2.05, 4.69) is 31.3 Å². The van der Waals surface area contributed by atoms with Crippen LogP contribution in [-0.4, -0.2) is 33.0 Å². The number of rotatable bonds is 6. The Morgan fingerprint density at radius 1 is 1.30 bits per heavy atom. The third-order valence-electron chi connectivity index (χ3n) is 3.66. The van der Waals surface area contributed by atoms with Crippen LogP contribution in [0.2, 0.25) is 0 Å². The molecular formula is C16H25NO3. The van der Waals surface area contributed by atoms with E-state index in [1.54, 1.807) is 7.11 Å². The molecule has 1 atom stereocenters. The van der Waals surface area contributed by atoms with Crippen LogP contribution in [0.5, 0.6) is 11.5 Å². The molecule has 1 aliphatic rings. The fourth-order valence-corrected chi connectivity index (χ4v) is 2.45. The second kappa shape index (κ2) is 7.50. The Balaban J connectivity index is 2.08. The smallest absolute Gasteiger partial charge is 0.161 e. The maximum Gasteiger partial charge on any atom is 0.161 e. The van der Waals surface area contributed by atoms with Gasteiger partial charge in [-0.05, 0) is 31.2 Å². The largest absolute Gasteiger partial charge is 0.493 e. The second-order valence-electron chi connectivity index (χ2n) is 5.12. The van der Waals surface area contributed by atoms with Crippen LogP contribution in [0.25, 0.3) is 0 Å². The molecular weight excluding hydrogens is 254 g/mol. The van der Waals surface area contributed by atoms with Crippen molar-refractivity contribution in [3.63, 3.8) is 0 Å². The van der Waals surface area contributed by atoms with Crippen LogP contribution in [0.15, 0.2) is 18.2 Å². The van der Waals surface area contributed by atoms with Crippen molar-refractivity contribution in [2.75, 3.05) is 26.9 Å². The summed E-state index contributed by atoms with van der Waals surface area (Å²) in [6.45, 7) is 6.77. The first-order valence-corrected chi connectivity index (χ1v) is 7.40. The summed E-state index contributed by atoms with van der Waals surface area (Å²) in [6, 6.07) is 6.48. The summed E-state index contributed by atoms with van der Waals surface area (Å²) in [5.41, 5.74) is 1.21. The molecule has 1 heterocycles. The van der Waals surface area contributed by atoms with Gasteiger partial charge in [-0.2, -0.15) is 0 Å². The summed E-state index contributed by atoms with van der Waals surface area (Å²) < 4.78 is 16.9. The van der Waals surface area contributed by atoms with Crippen molar-refractivity contribution in [3.05, 3.63) is 23.8 Å². The minimum absolute atomic E-state index is 0.231. The van der Waals surface area contributed by atoms with Gasteiger partial charge in [-0.1, -0.05) is 13.0 Å². The molecule has 0 saturated carbocycles. The Morgan fingerprint density at radius 3 is 2.70 bits per heavy atom. The van der Waals surface area contributed by atoms with Crippen LogP contribution < -0.4 is 14.8 Å². The molecule has 1 unspecified atom stereocenters. The highest BCUT2D eigenvalue weighted by atomic mass is 16.5. The number of hydrogen-bond donors (Lipinski definition) is 1. The monoisotopic (exact) mass is 279 g/mol. The van der Waals surface area contributed by atoms with E-state index in [4.69, 9.17) is 14.2 Å². The maximum absolute atomic E-state index is 6.05. The van der Waals surface area contributed by atoms with Gasteiger partial charge in [0.2, 0.25) is 0 Å². The third kappa shape index (κ3) is 3.87. The van der Waals surface area contributed by atoms with Gasteiger partial charge < -0.3 is 19.5 Å². The summed E-state index contributed by atoms with van der Waals surface area (Å²) in [4.78, 5) is 0. The van der Waals surface area contributed by atoms with Crippen LogP contribution >= 0.6 is 0 Å². The predicted molar refractivity (Wildman–Crippen MR) is 79.6 cm³/mol. The Kier molecular flexibility index (Phi) is 5.68. The quantitative estimate of drug-likeness (QED) is 0.869. The zero-order chi connectivity index (χ0) is 14.4. The van der Waals surface area contributed by atoms with E-state index in [0.717, 1.165) is 44.1 Å². The van der Waals surface area contributed by atoms with Gasteiger partial charge in [0.1, 0.15) is 6.10 Å². The molecule has 0 aliphatic carbocycles. The molecule has 0 aromatic heterocycles. The fraction of sp³-hybridized carbons (Fsp3) is 0.625. The van der Waals surface area contributed by atoms with Gasteiger partial charge in [0, 0.05) is 18.9 Å². The molecule has 0 amide bonds. The predicted octanol–water partition coefficient (Wildman–Crippen LogP) is 2.92. The third-order valence-corrected chi connectivity index (χ3v) is 3.66. The SMILES string of the molecule is CCNC(C)c1ccc(OC2CCOCC2)c(OC)c1. The number of methoxy groups -OCH3 is 1. The minimum Gasteiger partial charge on any atom is -0.493 e. The van der Waals surface area contributed by atoms with E-state index in [0.29, 0.717) is 6.04 Å². The average molecular weight is 279 g/mol. The Bertz CT molecular complexity index is 416. The first kappa shape index (κ1) is 15.1. The molecule has 4 heteroatoms. The van der Waals surface area contributed by atoms with Gasteiger partial charge >= 0.3 is 0 Å². The van der Waals surface area contributed by atoms with Crippen LogP contribution in [0.4, 0.5) is 0 Å². The van der Waals surface area contributed by atoms with Gasteiger partial charge in [-0.25, -0.2) is 0 Å². The number of ether oxygens (including phenoxy) is 3. The topological polar surface area (TPSA) is 39.7 Å². The summed E-state index contributed by atoms with van der Waals surface area (Å²) in [5, 5.41) is 3.40. The first-order valence-electron chi connectivity index (χ1n) is 7.40. The van der Waals surface area contributed by atoms with Crippen LogP contribution in [0, 0.1) is 0 Å². The van der Waals surface area contributed by atoms with Crippen molar-refractivity contribution in [1.82, 2.24) is 5.32 Å². The number of hydrogen-bond acceptors (Lipinski definition) is 4. The standard InChI is InChI=1S/C16H25NO3/c1-4-17-12(2)13-5-6-15(16(11-13)18-3)20-14-7-9-19-10-8-14/h5-6,11-12,14,17H,4,7-10H2,1-3H3. The van der Waals surface area contributed by atoms with Crippen LogP contribution in [-0.2, 0) is 4.74 Å². The zero-order valence-corrected chi connectivity index (χ0v) is 12.6. The van der Waals surface area contributed by atoms with E-state index < -0.39 is 0 Å². The summed E-state index contributed by atoms with van der Waals surface area (Å²) in [7, 11) is 1.69. The zero-order valence-electron chi connectivity index (χ0n) is 12.6. The Morgan fingerprint density at radius 2 is 2.05 bits per heavy atom. The molecule has 112 valence electrons. The summed E-state index contributed by atoms with van der Waals surface area (Å²) in [5.74, 6) is 1.63. The highest BCUT2D eigenvalue weighted by Gasteiger charge is 2.18. The van der Waals surface area contributed by atoms with Crippen molar-refractivity contribution >= 4 is 0 Å². The van der Waals surface area contributed by atoms with Crippen LogP contribution in [0.3, 0.4) is 0 Å². The summed E-state index contributed by atoms with van der Waals surface area (Å²) in [6.07, 6.45) is 2.12. The van der Waals surface area contributed by atoms with Gasteiger partial charge in [0.15, 0.2) is 11.5 Å². The highest BCUT2D eigenvalue weighted by molar-refractivity contribution is 5.44. The molecule has 0 bridgehead atoms. The van der Waals surface area contributed by atoms with Gasteiger partial charge in [-0.3, -0.25) is 0 Å². The lowest BCUT2D eigenvalue weighted by atomic mass is 10.1. The van der Waals surface area contributed by atoms with Crippen molar-refractivity contribution in [2.45, 2.75) is 38.8 Å². The molecule has 1 fully saturated rings. The van der Waals surface area contributed by atoms with Gasteiger partial charge in [-0.15, -0.1) is 0 Å². The Labute approximate surface area is 121 Å². The van der Waals surface area contributed by atoms with Gasteiger partial charge in [0.05, 0.1) is 20.3 Å². The van der Waals surface area contributed by atoms with E-state index >= 15 is 0 Å². The number of nitrogens with one attached hydrogen (secondary N) is 1. The molecule has 0 radical (unpaired) electrons. The van der Waals surface area contributed by atoms with Crippen molar-refractivity contribution in [2.24, 2.45) is 0 Å². The van der Waals surface area contributed by atoms with Crippen molar-refractivity contribution in [3.8, 4) is 11.5 Å². The molecule has 20 heavy (non-hydrogen) atoms. The van der Waals surface area contributed by atoms with E-state index in [1.807, 2.05) is 6.07 Å². The van der Waals surface area contributed by atoms with Gasteiger partial charge in [0.25, 0.3) is 0 Å². The molecule has 1 aromatic rings. The maximum atomic E-state index is 6.05. The summed E-state index contributed by atoms with van der Waals surface area (Å²) >= 11 is 0. The van der Waals surface area contributed by atoms with E-state index in [1.165, 1.54) is 5.56 Å². The Hall–Kier alpha value is -1.26. The minimum atomic E-state index is 0.231. The molecule has 1 N–H and O–H groups in total. The molecule has 1 aliphatic heterocycles. The molecule has 4 nitrogen and oxygen atoms in total. The normalized spacial score (nSPS) is 17.8. The first-order chi connectivity index (χ1) is 9.74. The molecule has 2 rings (SSSR count). The van der Waals surface area contributed by atoms with Crippen molar-refractivity contribution < 1.29 is 14.2 Å². The van der Waals surface area contributed by atoms with Crippen LogP contribution in [0.1, 0.15) is 38.3 Å². The lowest BCUT2D eigenvalue weighted by Crippen LogP contribution is -2.26. The van der Waals surface area contributed by atoms with E-state index in [-0.39, 0.29) is 6.10 Å².